The van der Waals surface area contributed by atoms with E-state index in [4.69, 9.17) is 35.4 Å². The highest BCUT2D eigenvalue weighted by molar-refractivity contribution is 7.71. The molecular weight excluding hydrogens is 405 g/mol. The Balaban J connectivity index is 2.04. The molecule has 1 aromatic heterocycles. The Kier molecular flexibility index (Phi) is 4.33. The van der Waals surface area contributed by atoms with Gasteiger partial charge >= 0.3 is 0 Å². The van der Waals surface area contributed by atoms with Crippen molar-refractivity contribution in [3.63, 3.8) is 0 Å². The van der Waals surface area contributed by atoms with Gasteiger partial charge in [-0.2, -0.15) is 0 Å². The minimum Gasteiger partial charge on any atom is -0.344 e. The maximum Gasteiger partial charge on any atom is 0.257 e. The summed E-state index contributed by atoms with van der Waals surface area (Å²) in [6, 6.07) is 5.10. The molecule has 0 fully saturated rings. The van der Waals surface area contributed by atoms with Gasteiger partial charge in [0.1, 0.15) is 5.82 Å². The molecule has 2 aromatic rings. The minimum atomic E-state index is -0.583. The molecule has 0 radical (unpaired) electrons. The maximum absolute atomic E-state index is 13.1. The lowest BCUT2D eigenvalue weighted by molar-refractivity contribution is -0.118. The van der Waals surface area contributed by atoms with Crippen LogP contribution in [0.5, 0.6) is 0 Å². The van der Waals surface area contributed by atoms with Crippen LogP contribution in [-0.4, -0.2) is 15.8 Å². The van der Waals surface area contributed by atoms with Gasteiger partial charge in [0.2, 0.25) is 0 Å². The predicted molar refractivity (Wildman–Crippen MR) is 109 cm³/mol. The molecule has 0 saturated carbocycles. The van der Waals surface area contributed by atoms with Crippen molar-refractivity contribution in [2.75, 3.05) is 5.32 Å². The lowest BCUT2D eigenvalue weighted by Gasteiger charge is -2.38. The molecule has 1 aliphatic heterocycles. The number of ketones is 1. The number of aromatic amines is 2. The molecule has 0 spiro atoms. The molecule has 2 aliphatic rings. The SMILES string of the molecule is CC1(C)CC(=O)C2=C(C1)Nc1[nH]c(=S)[nH]c(=O)c1C2c1ccc(Cl)cc1Cl. The van der Waals surface area contributed by atoms with E-state index in [1.165, 1.54) is 0 Å². The first-order valence-corrected chi connectivity index (χ1v) is 9.67. The zero-order chi connectivity index (χ0) is 19.5. The van der Waals surface area contributed by atoms with Gasteiger partial charge in [-0.1, -0.05) is 43.1 Å². The van der Waals surface area contributed by atoms with Gasteiger partial charge in [0.15, 0.2) is 10.6 Å². The van der Waals surface area contributed by atoms with Crippen molar-refractivity contribution in [1.29, 1.82) is 0 Å². The third-order valence-electron chi connectivity index (χ3n) is 5.03. The number of halogens is 2. The standard InChI is InChI=1S/C19H17Cl2N3O2S/c1-19(2)6-11-14(12(25)7-19)13(9-4-3-8(20)5-10(9)21)15-16(22-11)23-18(27)24-17(15)26/h3-5,13H,6-7H2,1-2H3,(H3,22,23,24,26,27). The third kappa shape index (κ3) is 3.16. The Labute approximate surface area is 170 Å². The van der Waals surface area contributed by atoms with Crippen LogP contribution in [0.25, 0.3) is 0 Å². The van der Waals surface area contributed by atoms with Crippen molar-refractivity contribution in [2.24, 2.45) is 5.41 Å². The van der Waals surface area contributed by atoms with Gasteiger partial charge in [0.25, 0.3) is 5.56 Å². The van der Waals surface area contributed by atoms with E-state index in [0.29, 0.717) is 45.4 Å². The fourth-order valence-electron chi connectivity index (χ4n) is 3.99. The number of H-pyrrole nitrogens is 2. The van der Waals surface area contributed by atoms with Gasteiger partial charge in [-0.3, -0.25) is 14.6 Å². The normalized spacial score (nSPS) is 20.7. The Hall–Kier alpha value is -1.89. The number of nitrogens with one attached hydrogen (secondary N) is 3. The van der Waals surface area contributed by atoms with Crippen LogP contribution in [0.1, 0.15) is 43.7 Å². The largest absolute Gasteiger partial charge is 0.344 e. The van der Waals surface area contributed by atoms with Crippen LogP contribution in [0.3, 0.4) is 0 Å². The van der Waals surface area contributed by atoms with Gasteiger partial charge in [-0.05, 0) is 41.7 Å². The molecule has 0 bridgehead atoms. The minimum absolute atomic E-state index is 0.0114. The first-order valence-electron chi connectivity index (χ1n) is 8.51. The second-order valence-electron chi connectivity index (χ2n) is 7.75. The van der Waals surface area contributed by atoms with Crippen molar-refractivity contribution in [3.8, 4) is 0 Å². The van der Waals surface area contributed by atoms with Gasteiger partial charge in [-0.25, -0.2) is 0 Å². The smallest absolute Gasteiger partial charge is 0.257 e. The summed E-state index contributed by atoms with van der Waals surface area (Å²) in [4.78, 5) is 31.5. The highest BCUT2D eigenvalue weighted by Crippen LogP contribution is 2.48. The van der Waals surface area contributed by atoms with E-state index in [9.17, 15) is 9.59 Å². The average Bonchev–Trinajstić information content (AvgIpc) is 2.51. The van der Waals surface area contributed by atoms with E-state index < -0.39 is 5.92 Å². The topological polar surface area (TPSA) is 77.8 Å². The molecule has 4 rings (SSSR count). The first-order chi connectivity index (χ1) is 12.7. The highest BCUT2D eigenvalue weighted by Gasteiger charge is 2.42. The number of allylic oxidation sites excluding steroid dienone is 2. The van der Waals surface area contributed by atoms with Crippen LogP contribution in [0.15, 0.2) is 34.3 Å². The second-order valence-corrected chi connectivity index (χ2v) is 9.01. The number of carbonyl (C=O) groups is 1. The van der Waals surface area contributed by atoms with Crippen LogP contribution in [0.2, 0.25) is 10.0 Å². The predicted octanol–water partition coefficient (Wildman–Crippen LogP) is 4.94. The molecule has 1 aliphatic carbocycles. The van der Waals surface area contributed by atoms with Gasteiger partial charge in [0, 0.05) is 33.7 Å². The molecular formula is C19H17Cl2N3O2S. The average molecular weight is 422 g/mol. The number of hydrogen-bond acceptors (Lipinski definition) is 4. The molecule has 1 aromatic carbocycles. The molecule has 140 valence electrons. The number of fused-ring (bicyclic) bond motifs is 1. The van der Waals surface area contributed by atoms with E-state index in [-0.39, 0.29) is 21.5 Å². The Bertz CT molecular complexity index is 1130. The van der Waals surface area contributed by atoms with Gasteiger partial charge in [0.05, 0.1) is 5.56 Å². The Morgan fingerprint density at radius 3 is 2.59 bits per heavy atom. The number of rotatable bonds is 1. The summed E-state index contributed by atoms with van der Waals surface area (Å²) in [5.74, 6) is -0.0681. The summed E-state index contributed by atoms with van der Waals surface area (Å²) in [6.45, 7) is 4.10. The fourth-order valence-corrected chi connectivity index (χ4v) is 4.71. The van der Waals surface area contributed by atoms with Gasteiger partial charge in [-0.15, -0.1) is 0 Å². The first kappa shape index (κ1) is 18.5. The second kappa shape index (κ2) is 6.33. The number of hydrogen-bond donors (Lipinski definition) is 3. The van der Waals surface area contributed by atoms with Crippen LogP contribution in [0, 0.1) is 10.2 Å². The summed E-state index contributed by atoms with van der Waals surface area (Å²) < 4.78 is 0.220. The molecule has 0 saturated heterocycles. The number of anilines is 1. The van der Waals surface area contributed by atoms with Crippen LogP contribution < -0.4 is 10.9 Å². The third-order valence-corrected chi connectivity index (χ3v) is 5.79. The summed E-state index contributed by atoms with van der Waals surface area (Å²) in [5, 5.41) is 4.14. The van der Waals surface area contributed by atoms with E-state index in [2.05, 4.69) is 29.1 Å². The molecule has 8 heteroatoms. The van der Waals surface area contributed by atoms with E-state index in [1.807, 2.05) is 0 Å². The number of benzene rings is 1. The van der Waals surface area contributed by atoms with E-state index in [0.717, 1.165) is 5.70 Å². The molecule has 1 atom stereocenters. The molecule has 1 unspecified atom stereocenters. The summed E-state index contributed by atoms with van der Waals surface area (Å²) in [7, 11) is 0. The van der Waals surface area contributed by atoms with E-state index in [1.54, 1.807) is 18.2 Å². The van der Waals surface area contributed by atoms with Crippen LogP contribution in [-0.2, 0) is 4.79 Å². The van der Waals surface area contributed by atoms with Crippen LogP contribution in [0.4, 0.5) is 5.82 Å². The Morgan fingerprint density at radius 1 is 1.15 bits per heavy atom. The number of aromatic nitrogens is 2. The zero-order valence-corrected chi connectivity index (χ0v) is 17.0. The Morgan fingerprint density at radius 2 is 1.89 bits per heavy atom. The maximum atomic E-state index is 13.1. The van der Waals surface area contributed by atoms with Crippen LogP contribution >= 0.6 is 35.4 Å². The molecule has 2 heterocycles. The molecule has 3 N–H and O–H groups in total. The van der Waals surface area contributed by atoms with Crippen molar-refractivity contribution in [3.05, 3.63) is 65.8 Å². The quantitative estimate of drug-likeness (QED) is 0.569. The molecule has 5 nitrogen and oxygen atoms in total. The lowest BCUT2D eigenvalue weighted by atomic mass is 9.69. The summed E-state index contributed by atoms with van der Waals surface area (Å²) in [6.07, 6.45) is 1.09. The summed E-state index contributed by atoms with van der Waals surface area (Å²) in [5.41, 5.74) is 1.94. The van der Waals surface area contributed by atoms with Crippen molar-refractivity contribution in [2.45, 2.75) is 32.6 Å². The zero-order valence-electron chi connectivity index (χ0n) is 14.7. The number of carbonyl (C=O) groups excluding carboxylic acids is 1. The van der Waals surface area contributed by atoms with Crippen molar-refractivity contribution in [1.82, 2.24) is 9.97 Å². The van der Waals surface area contributed by atoms with Crippen molar-refractivity contribution < 1.29 is 4.79 Å². The number of Topliss-reactive ketones (excluding diaryl/α,β-unsaturated/α-hetero) is 1. The summed E-state index contributed by atoms with van der Waals surface area (Å²) >= 11 is 17.6. The van der Waals surface area contributed by atoms with E-state index >= 15 is 0 Å². The molecule has 27 heavy (non-hydrogen) atoms. The monoisotopic (exact) mass is 421 g/mol. The van der Waals surface area contributed by atoms with Crippen molar-refractivity contribution >= 4 is 47.0 Å². The van der Waals surface area contributed by atoms with Gasteiger partial charge < -0.3 is 10.3 Å². The molecule has 0 amide bonds. The fraction of sp³-hybridized carbons (Fsp3) is 0.316. The lowest BCUT2D eigenvalue weighted by Crippen LogP contribution is -2.37. The highest BCUT2D eigenvalue weighted by atomic mass is 35.5.